The van der Waals surface area contributed by atoms with Gasteiger partial charge in [-0.1, -0.05) is 197 Å². The smallest absolute Gasteiger partial charge is 0.306 e. The number of allylic oxidation sites excluding steroid dienone is 10. The first-order valence-corrected chi connectivity index (χ1v) is 24.9. The molecular weight excluding hydrogens is 769 g/mol. The van der Waals surface area contributed by atoms with Gasteiger partial charge < -0.3 is 39.4 Å². The SMILES string of the molecule is CC/C=C\C/C=C\C/C=C\C/C=C\C/C=C\CCCCCCCCCCCCOCC(COC1OC(CO)C(O)C(O)C1O)OC(=O)CCCCCCCCCCCCCC. The Hall–Kier alpha value is -2.11. The third-order valence-electron chi connectivity index (χ3n) is 11.2. The molecule has 1 saturated heterocycles. The molecule has 1 aliphatic rings. The molecule has 1 rings (SSSR count). The number of carbonyl (C=O) groups excluding carboxylic acids is 1. The van der Waals surface area contributed by atoms with E-state index in [1.54, 1.807) is 0 Å². The Bertz CT molecular complexity index is 1120. The van der Waals surface area contributed by atoms with Crippen molar-refractivity contribution in [2.24, 2.45) is 0 Å². The normalized spacial score (nSPS) is 20.4. The van der Waals surface area contributed by atoms with Crippen molar-refractivity contribution in [3.8, 4) is 0 Å². The molecule has 0 bridgehead atoms. The van der Waals surface area contributed by atoms with E-state index in [1.165, 1.54) is 116 Å². The van der Waals surface area contributed by atoms with E-state index in [1.807, 2.05) is 0 Å². The standard InChI is InChI=1S/C52H92O9/c1-3-5-7-9-11-13-15-17-18-19-20-21-22-23-24-25-26-27-28-29-30-32-34-36-38-40-42-58-44-46(45-59-52-51(57)50(56)49(55)47(43-53)61-52)60-48(54)41-39-37-35-33-31-16-14-12-10-8-6-4-2/h5,7,11,13,17-18,20-21,23-24,46-47,49-53,55-57H,3-4,6,8-10,12,14-16,19,22,25-45H2,1-2H3/b7-5-,13-11-,18-17-,21-20-,24-23-. The summed E-state index contributed by atoms with van der Waals surface area (Å²) >= 11 is 0. The highest BCUT2D eigenvalue weighted by atomic mass is 16.7. The van der Waals surface area contributed by atoms with E-state index in [-0.39, 0.29) is 19.2 Å². The van der Waals surface area contributed by atoms with Gasteiger partial charge in [-0.2, -0.15) is 0 Å². The van der Waals surface area contributed by atoms with Crippen LogP contribution >= 0.6 is 0 Å². The second kappa shape index (κ2) is 43.2. The van der Waals surface area contributed by atoms with Crippen molar-refractivity contribution in [1.29, 1.82) is 0 Å². The van der Waals surface area contributed by atoms with Gasteiger partial charge in [0.15, 0.2) is 6.29 Å². The van der Waals surface area contributed by atoms with Crippen molar-refractivity contribution in [3.63, 3.8) is 0 Å². The fraction of sp³-hybridized carbons (Fsp3) is 0.788. The molecule has 354 valence electrons. The molecule has 61 heavy (non-hydrogen) atoms. The summed E-state index contributed by atoms with van der Waals surface area (Å²) in [6.07, 6.45) is 48.3. The quantitative estimate of drug-likeness (QED) is 0.0269. The van der Waals surface area contributed by atoms with Crippen molar-refractivity contribution >= 4 is 5.97 Å². The number of rotatable bonds is 42. The summed E-state index contributed by atoms with van der Waals surface area (Å²) in [4.78, 5) is 12.8. The zero-order valence-corrected chi connectivity index (χ0v) is 38.9. The van der Waals surface area contributed by atoms with Crippen LogP contribution in [0, 0.1) is 0 Å². The van der Waals surface area contributed by atoms with Crippen molar-refractivity contribution in [3.05, 3.63) is 60.8 Å². The van der Waals surface area contributed by atoms with Gasteiger partial charge in [0, 0.05) is 13.0 Å². The zero-order chi connectivity index (χ0) is 44.3. The van der Waals surface area contributed by atoms with E-state index in [0.29, 0.717) is 13.0 Å². The highest BCUT2D eigenvalue weighted by Gasteiger charge is 2.44. The van der Waals surface area contributed by atoms with Crippen molar-refractivity contribution in [1.82, 2.24) is 0 Å². The molecule has 1 fully saturated rings. The molecule has 1 aliphatic heterocycles. The fourth-order valence-corrected chi connectivity index (χ4v) is 7.34. The van der Waals surface area contributed by atoms with Crippen molar-refractivity contribution < 1.29 is 44.2 Å². The van der Waals surface area contributed by atoms with Crippen LogP contribution in [0.5, 0.6) is 0 Å². The van der Waals surface area contributed by atoms with E-state index in [4.69, 9.17) is 18.9 Å². The minimum atomic E-state index is -1.54. The second-order valence-electron chi connectivity index (χ2n) is 16.9. The van der Waals surface area contributed by atoms with Gasteiger partial charge in [0.05, 0.1) is 19.8 Å². The minimum Gasteiger partial charge on any atom is -0.457 e. The molecule has 0 aromatic rings. The minimum absolute atomic E-state index is 0.115. The molecule has 0 amide bonds. The van der Waals surface area contributed by atoms with Crippen LogP contribution in [0.15, 0.2) is 60.8 Å². The highest BCUT2D eigenvalue weighted by molar-refractivity contribution is 5.69. The van der Waals surface area contributed by atoms with Gasteiger partial charge >= 0.3 is 5.97 Å². The Balaban J connectivity index is 2.17. The molecular formula is C52H92O9. The molecule has 0 saturated carbocycles. The van der Waals surface area contributed by atoms with Crippen LogP contribution < -0.4 is 0 Å². The molecule has 9 heteroatoms. The third-order valence-corrected chi connectivity index (χ3v) is 11.2. The number of esters is 1. The molecule has 6 atom stereocenters. The van der Waals surface area contributed by atoms with Gasteiger partial charge in [0.1, 0.15) is 30.5 Å². The van der Waals surface area contributed by atoms with E-state index < -0.39 is 43.4 Å². The molecule has 9 nitrogen and oxygen atoms in total. The Kier molecular flexibility index (Phi) is 40.3. The summed E-state index contributed by atoms with van der Waals surface area (Å²) in [5.41, 5.74) is 0. The van der Waals surface area contributed by atoms with E-state index >= 15 is 0 Å². The first-order valence-electron chi connectivity index (χ1n) is 24.9. The van der Waals surface area contributed by atoms with Crippen LogP contribution in [0.4, 0.5) is 0 Å². The van der Waals surface area contributed by atoms with Crippen LogP contribution in [0.1, 0.15) is 200 Å². The molecule has 0 aromatic carbocycles. The van der Waals surface area contributed by atoms with Gasteiger partial charge in [0.25, 0.3) is 0 Å². The number of hydrogen-bond donors (Lipinski definition) is 4. The average molecular weight is 861 g/mol. The summed E-state index contributed by atoms with van der Waals surface area (Å²) in [5.74, 6) is -0.316. The molecule has 4 N–H and O–H groups in total. The maximum absolute atomic E-state index is 12.8. The summed E-state index contributed by atoms with van der Waals surface area (Å²) < 4.78 is 22.8. The Morgan fingerprint density at radius 3 is 1.51 bits per heavy atom. The van der Waals surface area contributed by atoms with E-state index in [2.05, 4.69) is 74.6 Å². The van der Waals surface area contributed by atoms with Gasteiger partial charge in [-0.3, -0.25) is 4.79 Å². The highest BCUT2D eigenvalue weighted by Crippen LogP contribution is 2.23. The van der Waals surface area contributed by atoms with Crippen LogP contribution in [0.25, 0.3) is 0 Å². The second-order valence-corrected chi connectivity index (χ2v) is 16.9. The molecule has 0 spiro atoms. The Morgan fingerprint density at radius 1 is 0.541 bits per heavy atom. The van der Waals surface area contributed by atoms with Crippen LogP contribution in [0.2, 0.25) is 0 Å². The van der Waals surface area contributed by atoms with Crippen molar-refractivity contribution in [2.45, 2.75) is 237 Å². The maximum Gasteiger partial charge on any atom is 0.306 e. The summed E-state index contributed by atoms with van der Waals surface area (Å²) in [6.45, 7) is 4.44. The summed E-state index contributed by atoms with van der Waals surface area (Å²) in [6, 6.07) is 0. The van der Waals surface area contributed by atoms with Crippen LogP contribution in [-0.4, -0.2) is 89.6 Å². The van der Waals surface area contributed by atoms with Gasteiger partial charge in [-0.05, 0) is 57.8 Å². The fourth-order valence-electron chi connectivity index (χ4n) is 7.34. The predicted molar refractivity (Wildman–Crippen MR) is 251 cm³/mol. The number of aliphatic hydroxyl groups excluding tert-OH is 4. The monoisotopic (exact) mass is 861 g/mol. The Morgan fingerprint density at radius 2 is 1.00 bits per heavy atom. The lowest BCUT2D eigenvalue weighted by Crippen LogP contribution is -2.59. The summed E-state index contributed by atoms with van der Waals surface area (Å²) in [5, 5.41) is 40.2. The molecule has 0 radical (unpaired) electrons. The van der Waals surface area contributed by atoms with Gasteiger partial charge in [-0.25, -0.2) is 0 Å². The summed E-state index contributed by atoms with van der Waals surface area (Å²) in [7, 11) is 0. The lowest BCUT2D eigenvalue weighted by atomic mass is 9.99. The lowest BCUT2D eigenvalue weighted by molar-refractivity contribution is -0.305. The number of carbonyl (C=O) groups is 1. The van der Waals surface area contributed by atoms with E-state index in [0.717, 1.165) is 64.2 Å². The maximum atomic E-state index is 12.8. The van der Waals surface area contributed by atoms with E-state index in [9.17, 15) is 25.2 Å². The number of unbranched alkanes of at least 4 members (excludes halogenated alkanes) is 21. The topological polar surface area (TPSA) is 135 Å². The molecule has 6 unspecified atom stereocenters. The van der Waals surface area contributed by atoms with Crippen molar-refractivity contribution in [2.75, 3.05) is 26.4 Å². The lowest BCUT2D eigenvalue weighted by Gasteiger charge is -2.39. The molecule has 0 aliphatic carbocycles. The number of aliphatic hydroxyl groups is 4. The molecule has 1 heterocycles. The van der Waals surface area contributed by atoms with Crippen LogP contribution in [-0.2, 0) is 23.7 Å². The first kappa shape index (κ1) is 56.9. The molecule has 0 aromatic heterocycles. The average Bonchev–Trinajstić information content (AvgIpc) is 3.26. The number of ether oxygens (including phenoxy) is 4. The largest absolute Gasteiger partial charge is 0.457 e. The van der Waals surface area contributed by atoms with Crippen LogP contribution in [0.3, 0.4) is 0 Å². The predicted octanol–water partition coefficient (Wildman–Crippen LogP) is 11.9. The first-order chi connectivity index (χ1) is 29.9. The zero-order valence-electron chi connectivity index (χ0n) is 38.9. The number of hydrogen-bond acceptors (Lipinski definition) is 9. The third kappa shape index (κ3) is 34.0. The van der Waals surface area contributed by atoms with Gasteiger partial charge in [-0.15, -0.1) is 0 Å². The van der Waals surface area contributed by atoms with Gasteiger partial charge in [0.2, 0.25) is 0 Å². The Labute approximate surface area is 373 Å².